The molecule has 3 atom stereocenters. The molecule has 1 N–H and O–H groups in total. The van der Waals surface area contributed by atoms with Crippen molar-refractivity contribution in [2.45, 2.75) is 72.4 Å². The van der Waals surface area contributed by atoms with Crippen LogP contribution in [0.15, 0.2) is 81.6 Å². The van der Waals surface area contributed by atoms with E-state index in [2.05, 4.69) is 96.7 Å². The van der Waals surface area contributed by atoms with Crippen LogP contribution in [0, 0.1) is 30.1 Å². The van der Waals surface area contributed by atoms with Crippen LogP contribution < -0.4 is 5.43 Å². The Kier molecular flexibility index (Phi) is 14.4. The van der Waals surface area contributed by atoms with E-state index in [1.165, 1.54) is 5.57 Å². The molecule has 7 nitrogen and oxygen atoms in total. The molecule has 0 aromatic heterocycles. The smallest absolute Gasteiger partial charge is 0.309 e. The maximum atomic E-state index is 12.1. The number of hydrogen-bond donors (Lipinski definition) is 1. The first kappa shape index (κ1) is 34.0. The zero-order valence-electron chi connectivity index (χ0n) is 26.8. The van der Waals surface area contributed by atoms with Crippen LogP contribution in [0.25, 0.3) is 0 Å². The summed E-state index contributed by atoms with van der Waals surface area (Å²) in [6.45, 7) is 11.5. The molecule has 0 bridgehead atoms. The summed E-state index contributed by atoms with van der Waals surface area (Å²) in [5.74, 6) is 4.02. The average molecular weight is 586 g/mol. The Labute approximate surface area is 259 Å². The number of carbonyl (C=O) groups excluding carboxylic acids is 1. The molecule has 1 saturated heterocycles. The fourth-order valence-corrected chi connectivity index (χ4v) is 5.71. The highest BCUT2D eigenvalue weighted by Gasteiger charge is 2.30. The van der Waals surface area contributed by atoms with E-state index in [1.807, 2.05) is 20.2 Å². The van der Waals surface area contributed by atoms with Crippen molar-refractivity contribution in [1.82, 2.24) is 15.3 Å². The number of hydrazine groups is 1. The van der Waals surface area contributed by atoms with Gasteiger partial charge in [0.15, 0.2) is 0 Å². The standard InChI is InChI=1S/C36H51N5O2/c1-7-10-17-31(20-14-15-23-40-24-21-32(22-25-40)36(42)43-9-3)29(5)39-35-33(26-28(4)30-18-12-11-13-19-30)27-38-34(16-8-2)41(35)37-6/h1,11-14,16-18,20,26-27,30,32-33,35,37H,8-10,15,19,21-25H2,2-6H3/b20-14-,28-26+,31-17+,34-16-,39-29+. The lowest BCUT2D eigenvalue weighted by Crippen LogP contribution is -2.48. The quantitative estimate of drug-likeness (QED) is 0.0889. The first-order valence-electron chi connectivity index (χ1n) is 15.9. The number of likely N-dealkylation sites (tertiary alicyclic amines) is 1. The predicted molar refractivity (Wildman–Crippen MR) is 179 cm³/mol. The first-order chi connectivity index (χ1) is 20.9. The van der Waals surface area contributed by atoms with Gasteiger partial charge >= 0.3 is 5.97 Å². The molecule has 7 heteroatoms. The van der Waals surface area contributed by atoms with Gasteiger partial charge < -0.3 is 9.64 Å². The second-order valence-electron chi connectivity index (χ2n) is 11.2. The number of rotatable bonds is 13. The van der Waals surface area contributed by atoms with E-state index in [0.29, 0.717) is 18.9 Å². The lowest BCUT2D eigenvalue weighted by Gasteiger charge is -2.37. The highest BCUT2D eigenvalue weighted by Crippen LogP contribution is 2.28. The third-order valence-corrected chi connectivity index (χ3v) is 8.18. The number of nitrogens with zero attached hydrogens (tertiary/aromatic N) is 4. The summed E-state index contributed by atoms with van der Waals surface area (Å²) in [6.07, 6.45) is 32.2. The van der Waals surface area contributed by atoms with Gasteiger partial charge in [-0.2, -0.15) is 0 Å². The third-order valence-electron chi connectivity index (χ3n) is 8.18. The van der Waals surface area contributed by atoms with Gasteiger partial charge in [0.1, 0.15) is 12.0 Å². The van der Waals surface area contributed by atoms with Crippen LogP contribution in [0.4, 0.5) is 0 Å². The third kappa shape index (κ3) is 10.3. The van der Waals surface area contributed by atoms with Crippen molar-refractivity contribution in [2.24, 2.45) is 27.7 Å². The Morgan fingerprint density at radius 2 is 2.05 bits per heavy atom. The fraction of sp³-hybridized carbons (Fsp3) is 0.528. The molecule has 1 aliphatic carbocycles. The van der Waals surface area contributed by atoms with Crippen molar-refractivity contribution in [3.05, 3.63) is 71.7 Å². The highest BCUT2D eigenvalue weighted by atomic mass is 16.5. The zero-order chi connectivity index (χ0) is 31.0. The summed E-state index contributed by atoms with van der Waals surface area (Å²) in [5, 5.41) is 2.07. The molecule has 43 heavy (non-hydrogen) atoms. The van der Waals surface area contributed by atoms with Crippen LogP contribution in [0.2, 0.25) is 0 Å². The Morgan fingerprint density at radius 1 is 1.26 bits per heavy atom. The van der Waals surface area contributed by atoms with Crippen LogP contribution in [0.5, 0.6) is 0 Å². The van der Waals surface area contributed by atoms with Crippen LogP contribution in [0.1, 0.15) is 66.2 Å². The Bertz CT molecular complexity index is 1200. The summed E-state index contributed by atoms with van der Waals surface area (Å²) in [7, 11) is 1.93. The predicted octanol–water partition coefficient (Wildman–Crippen LogP) is 6.41. The van der Waals surface area contributed by atoms with Gasteiger partial charge in [-0.15, -0.1) is 12.3 Å². The molecule has 0 saturated carbocycles. The molecule has 0 aromatic carbocycles. The van der Waals surface area contributed by atoms with Crippen molar-refractivity contribution >= 4 is 17.9 Å². The van der Waals surface area contributed by atoms with Crippen LogP contribution >= 0.6 is 0 Å². The molecular formula is C36H51N5O2. The lowest BCUT2D eigenvalue weighted by molar-refractivity contribution is -0.149. The number of piperidine rings is 1. The second-order valence-corrected chi connectivity index (χ2v) is 11.2. The number of ether oxygens (including phenoxy) is 1. The molecule has 3 rings (SSSR count). The van der Waals surface area contributed by atoms with Gasteiger partial charge in [0.2, 0.25) is 0 Å². The van der Waals surface area contributed by atoms with Crippen molar-refractivity contribution in [3.63, 3.8) is 0 Å². The maximum Gasteiger partial charge on any atom is 0.309 e. The number of allylic oxidation sites excluding steroid dienone is 9. The summed E-state index contributed by atoms with van der Waals surface area (Å²) >= 11 is 0. The molecule has 2 aliphatic heterocycles. The molecule has 3 unspecified atom stereocenters. The molecule has 2 heterocycles. The number of hydrogen-bond acceptors (Lipinski definition) is 7. The van der Waals surface area contributed by atoms with Gasteiger partial charge in [0, 0.05) is 37.9 Å². The van der Waals surface area contributed by atoms with E-state index < -0.39 is 0 Å². The first-order valence-corrected chi connectivity index (χ1v) is 15.9. The van der Waals surface area contributed by atoms with E-state index in [9.17, 15) is 4.79 Å². The van der Waals surface area contributed by atoms with E-state index >= 15 is 0 Å². The maximum absolute atomic E-state index is 12.1. The Balaban J connectivity index is 1.75. The SMILES string of the molecule is C#CC/C=C(\C=C/CCN1CCC(C(=O)OCC)CC1)C(/C)=N/C1C(/C=C(\C)C2C=CC=CC2)C=N/C(=C/CC)N1NC. The molecule has 0 amide bonds. The van der Waals surface area contributed by atoms with Gasteiger partial charge in [0.25, 0.3) is 0 Å². The van der Waals surface area contributed by atoms with Crippen molar-refractivity contribution in [3.8, 4) is 12.3 Å². The van der Waals surface area contributed by atoms with E-state index in [-0.39, 0.29) is 24.0 Å². The van der Waals surface area contributed by atoms with E-state index in [0.717, 1.165) is 68.8 Å². The number of terminal acetylenes is 1. The van der Waals surface area contributed by atoms with Gasteiger partial charge in [-0.25, -0.2) is 10.4 Å². The van der Waals surface area contributed by atoms with Crippen LogP contribution in [-0.2, 0) is 9.53 Å². The van der Waals surface area contributed by atoms with Gasteiger partial charge in [-0.1, -0.05) is 61.1 Å². The number of carbonyl (C=O) groups is 1. The average Bonchev–Trinajstić information content (AvgIpc) is 3.02. The molecule has 0 aromatic rings. The van der Waals surface area contributed by atoms with Gasteiger partial charge in [-0.3, -0.25) is 14.8 Å². The van der Waals surface area contributed by atoms with Crippen LogP contribution in [0.3, 0.4) is 0 Å². The van der Waals surface area contributed by atoms with E-state index in [4.69, 9.17) is 21.1 Å². The summed E-state index contributed by atoms with van der Waals surface area (Å²) in [4.78, 5) is 24.6. The molecule has 0 radical (unpaired) electrons. The Hall–Kier alpha value is -3.47. The summed E-state index contributed by atoms with van der Waals surface area (Å²) in [6, 6.07) is 0. The summed E-state index contributed by atoms with van der Waals surface area (Å²) in [5.41, 5.74) is 6.65. The van der Waals surface area contributed by atoms with Crippen molar-refractivity contribution in [2.75, 3.05) is 33.3 Å². The normalized spacial score (nSPS) is 25.1. The van der Waals surface area contributed by atoms with Crippen molar-refractivity contribution in [1.29, 1.82) is 0 Å². The number of esters is 1. The monoisotopic (exact) mass is 585 g/mol. The molecule has 3 aliphatic rings. The highest BCUT2D eigenvalue weighted by molar-refractivity contribution is 6.01. The van der Waals surface area contributed by atoms with Gasteiger partial charge in [0.05, 0.1) is 18.4 Å². The molecule has 0 spiro atoms. The minimum absolute atomic E-state index is 0.00566. The Morgan fingerprint density at radius 3 is 2.70 bits per heavy atom. The zero-order valence-corrected chi connectivity index (χ0v) is 26.8. The largest absolute Gasteiger partial charge is 0.466 e. The minimum Gasteiger partial charge on any atom is -0.466 e. The topological polar surface area (TPSA) is 69.5 Å². The van der Waals surface area contributed by atoms with E-state index in [1.54, 1.807) is 0 Å². The summed E-state index contributed by atoms with van der Waals surface area (Å²) < 4.78 is 5.21. The number of aliphatic imine (C=N–C) groups is 2. The van der Waals surface area contributed by atoms with Crippen molar-refractivity contribution < 1.29 is 9.53 Å². The molecule has 232 valence electrons. The molecule has 1 fully saturated rings. The van der Waals surface area contributed by atoms with Gasteiger partial charge in [-0.05, 0) is 77.6 Å². The number of nitrogens with one attached hydrogen (secondary N) is 1. The van der Waals surface area contributed by atoms with Crippen LogP contribution in [-0.4, -0.2) is 67.3 Å². The second kappa shape index (κ2) is 18.3. The lowest BCUT2D eigenvalue weighted by atomic mass is 9.90. The molecular weight excluding hydrogens is 534 g/mol. The fourth-order valence-electron chi connectivity index (χ4n) is 5.71. The minimum atomic E-state index is -0.193.